The third-order valence-electron chi connectivity index (χ3n) is 11.4. The first kappa shape index (κ1) is 27.4. The molecule has 0 bridgehead atoms. The van der Waals surface area contributed by atoms with Crippen molar-refractivity contribution in [3.63, 3.8) is 0 Å². The molecule has 0 N–H and O–H groups in total. The van der Waals surface area contributed by atoms with Crippen molar-refractivity contribution in [1.29, 1.82) is 0 Å². The molecule has 0 radical (unpaired) electrons. The Bertz CT molecular complexity index is 2500. The number of fused-ring (bicyclic) bond motifs is 7. The molecule has 0 aliphatic heterocycles. The molecule has 8 aromatic carbocycles. The van der Waals surface area contributed by atoms with Crippen molar-refractivity contribution in [3.05, 3.63) is 203 Å². The van der Waals surface area contributed by atoms with Crippen LogP contribution in [0.5, 0.6) is 0 Å². The Balaban J connectivity index is 1.13. The van der Waals surface area contributed by atoms with Crippen molar-refractivity contribution < 1.29 is 0 Å². The molecule has 48 heavy (non-hydrogen) atoms. The van der Waals surface area contributed by atoms with E-state index in [9.17, 15) is 0 Å². The van der Waals surface area contributed by atoms with Gasteiger partial charge in [-0.3, -0.25) is 0 Å². The Hall–Kier alpha value is -5.72. The van der Waals surface area contributed by atoms with Crippen LogP contribution in [0.1, 0.15) is 47.2 Å². The van der Waals surface area contributed by atoms with E-state index < -0.39 is 0 Å². The van der Waals surface area contributed by atoms with Gasteiger partial charge in [0.05, 0.1) is 5.41 Å². The molecule has 1 spiro atoms. The van der Waals surface area contributed by atoms with Gasteiger partial charge in [-0.2, -0.15) is 0 Å². The van der Waals surface area contributed by atoms with Crippen LogP contribution >= 0.6 is 0 Å². The molecule has 0 fully saturated rings. The van der Waals surface area contributed by atoms with E-state index >= 15 is 0 Å². The van der Waals surface area contributed by atoms with Crippen molar-refractivity contribution in [3.8, 4) is 33.4 Å². The van der Waals surface area contributed by atoms with E-state index in [0.717, 1.165) is 0 Å². The highest BCUT2D eigenvalue weighted by Crippen LogP contribution is 2.62. The van der Waals surface area contributed by atoms with Gasteiger partial charge < -0.3 is 0 Å². The van der Waals surface area contributed by atoms with E-state index in [1.54, 1.807) is 0 Å². The van der Waals surface area contributed by atoms with E-state index in [4.69, 9.17) is 0 Å². The molecular weight excluding hydrogens is 577 g/mol. The summed E-state index contributed by atoms with van der Waals surface area (Å²) in [4.78, 5) is 0. The minimum absolute atomic E-state index is 0.155. The van der Waals surface area contributed by atoms with Crippen LogP contribution < -0.4 is 0 Å². The number of rotatable bonds is 4. The second-order valence-corrected chi connectivity index (χ2v) is 14.1. The molecule has 0 saturated heterocycles. The van der Waals surface area contributed by atoms with Gasteiger partial charge in [-0.15, -0.1) is 0 Å². The number of benzene rings is 8. The van der Waals surface area contributed by atoms with Crippen molar-refractivity contribution >= 4 is 21.5 Å². The maximum atomic E-state index is 2.50. The lowest BCUT2D eigenvalue weighted by atomic mass is 9.70. The standard InChI is InChI=1S/C48H34/c1-47(2,37-26-23-32(24-27-37)31-11-4-3-5-12-31)38-16-8-15-35(29-38)36-25-28-40-39-17-6-7-18-41(39)48(44(40)30-36)42-19-9-13-33-21-22-34-14-10-20-43(48)46(34)45(33)42/h3-30H,1-2H3. The number of hydrogen-bond acceptors (Lipinski definition) is 0. The first-order valence-electron chi connectivity index (χ1n) is 17.0. The fourth-order valence-electron chi connectivity index (χ4n) is 8.93. The molecule has 0 heteroatoms. The summed E-state index contributed by atoms with van der Waals surface area (Å²) in [5.41, 5.74) is 15.4. The fourth-order valence-corrected chi connectivity index (χ4v) is 8.93. The number of hydrogen-bond donors (Lipinski definition) is 0. The predicted molar refractivity (Wildman–Crippen MR) is 202 cm³/mol. The SMILES string of the molecule is CC(C)(c1ccc(-c2ccccc2)cc1)c1cccc(-c2ccc3c(c2)C2(c4ccccc4-3)c3cccc4ccc5cccc2c5c34)c1. The Labute approximate surface area is 282 Å². The quantitative estimate of drug-likeness (QED) is 0.174. The molecule has 0 atom stereocenters. The lowest BCUT2D eigenvalue weighted by molar-refractivity contribution is 0.641. The minimum atomic E-state index is -0.345. The Morgan fingerprint density at radius 3 is 1.62 bits per heavy atom. The highest BCUT2D eigenvalue weighted by atomic mass is 14.5. The lowest BCUT2D eigenvalue weighted by Gasteiger charge is -2.31. The molecule has 2 aliphatic rings. The van der Waals surface area contributed by atoms with Gasteiger partial charge in [0, 0.05) is 5.41 Å². The monoisotopic (exact) mass is 610 g/mol. The van der Waals surface area contributed by atoms with Crippen LogP contribution in [0.4, 0.5) is 0 Å². The van der Waals surface area contributed by atoms with Crippen LogP contribution in [-0.2, 0) is 10.8 Å². The average Bonchev–Trinajstić information content (AvgIpc) is 3.62. The molecule has 0 aromatic heterocycles. The largest absolute Gasteiger partial charge is 0.0726 e. The van der Waals surface area contributed by atoms with Crippen molar-refractivity contribution in [2.45, 2.75) is 24.7 Å². The third-order valence-corrected chi connectivity index (χ3v) is 11.4. The highest BCUT2D eigenvalue weighted by Gasteiger charge is 2.50. The van der Waals surface area contributed by atoms with Crippen LogP contribution in [0, 0.1) is 0 Å². The maximum absolute atomic E-state index is 2.50. The second-order valence-electron chi connectivity index (χ2n) is 14.1. The Morgan fingerprint density at radius 2 is 0.896 bits per heavy atom. The molecule has 10 rings (SSSR count). The summed E-state index contributed by atoms with van der Waals surface area (Å²) in [5.74, 6) is 0. The van der Waals surface area contributed by atoms with E-state index in [1.165, 1.54) is 88.3 Å². The Morgan fingerprint density at radius 1 is 0.354 bits per heavy atom. The van der Waals surface area contributed by atoms with Gasteiger partial charge >= 0.3 is 0 Å². The molecule has 0 heterocycles. The van der Waals surface area contributed by atoms with Gasteiger partial charge in [-0.1, -0.05) is 178 Å². The summed E-state index contributed by atoms with van der Waals surface area (Å²) >= 11 is 0. The zero-order valence-electron chi connectivity index (χ0n) is 27.2. The molecule has 0 nitrogen and oxygen atoms in total. The molecule has 0 unspecified atom stereocenters. The average molecular weight is 611 g/mol. The summed E-state index contributed by atoms with van der Waals surface area (Å²) in [5, 5.41) is 5.44. The van der Waals surface area contributed by atoms with Crippen LogP contribution in [0.3, 0.4) is 0 Å². The van der Waals surface area contributed by atoms with E-state index in [1.807, 2.05) is 0 Å². The van der Waals surface area contributed by atoms with Gasteiger partial charge in [0.25, 0.3) is 0 Å². The summed E-state index contributed by atoms with van der Waals surface area (Å²) in [6.07, 6.45) is 0. The van der Waals surface area contributed by atoms with Gasteiger partial charge in [0.1, 0.15) is 0 Å². The molecule has 2 aliphatic carbocycles. The van der Waals surface area contributed by atoms with Gasteiger partial charge in [0.15, 0.2) is 0 Å². The first-order chi connectivity index (χ1) is 23.5. The van der Waals surface area contributed by atoms with Crippen LogP contribution in [0.2, 0.25) is 0 Å². The van der Waals surface area contributed by atoms with Gasteiger partial charge in [-0.25, -0.2) is 0 Å². The smallest absolute Gasteiger partial charge is 0.0622 e. The molecular formula is C48H34. The molecule has 0 saturated carbocycles. The molecule has 226 valence electrons. The normalized spacial score (nSPS) is 13.8. The fraction of sp³-hybridized carbons (Fsp3) is 0.0833. The lowest BCUT2D eigenvalue weighted by Crippen LogP contribution is -2.26. The van der Waals surface area contributed by atoms with E-state index in [-0.39, 0.29) is 10.8 Å². The molecule has 8 aromatic rings. The summed E-state index contributed by atoms with van der Waals surface area (Å²) < 4.78 is 0. The van der Waals surface area contributed by atoms with Crippen LogP contribution in [-0.4, -0.2) is 0 Å². The van der Waals surface area contributed by atoms with Crippen LogP contribution in [0.25, 0.3) is 54.9 Å². The summed E-state index contributed by atoms with van der Waals surface area (Å²) in [6, 6.07) is 63.6. The summed E-state index contributed by atoms with van der Waals surface area (Å²) in [6.45, 7) is 4.68. The predicted octanol–water partition coefficient (Wildman–Crippen LogP) is 12.3. The topological polar surface area (TPSA) is 0 Å². The van der Waals surface area contributed by atoms with Gasteiger partial charge in [0.2, 0.25) is 0 Å². The maximum Gasteiger partial charge on any atom is 0.0726 e. The highest BCUT2D eigenvalue weighted by molar-refractivity contribution is 6.17. The minimum Gasteiger partial charge on any atom is -0.0622 e. The van der Waals surface area contributed by atoms with Crippen molar-refractivity contribution in [2.24, 2.45) is 0 Å². The second kappa shape index (κ2) is 9.89. The summed E-state index contributed by atoms with van der Waals surface area (Å²) in [7, 11) is 0. The Kier molecular flexibility index (Phi) is 5.65. The van der Waals surface area contributed by atoms with E-state index in [0.29, 0.717) is 0 Å². The molecule has 0 amide bonds. The first-order valence-corrected chi connectivity index (χ1v) is 17.0. The van der Waals surface area contributed by atoms with Crippen molar-refractivity contribution in [1.82, 2.24) is 0 Å². The van der Waals surface area contributed by atoms with E-state index in [2.05, 4.69) is 184 Å². The zero-order chi connectivity index (χ0) is 32.0. The zero-order valence-corrected chi connectivity index (χ0v) is 27.2. The van der Waals surface area contributed by atoms with Crippen LogP contribution in [0.15, 0.2) is 170 Å². The van der Waals surface area contributed by atoms with Gasteiger partial charge in [-0.05, 0) is 94.4 Å². The van der Waals surface area contributed by atoms with Crippen molar-refractivity contribution in [2.75, 3.05) is 0 Å². The third kappa shape index (κ3) is 3.61.